The Morgan fingerprint density at radius 2 is 1.50 bits per heavy atom. The summed E-state index contributed by atoms with van der Waals surface area (Å²) in [5, 5.41) is 9.17. The normalized spacial score (nSPS) is 14.9. The van der Waals surface area contributed by atoms with Crippen molar-refractivity contribution in [1.82, 2.24) is 9.97 Å². The number of para-hydroxylation sites is 2. The minimum atomic E-state index is -0.134. The molecule has 4 heteroatoms. The zero-order valence-corrected chi connectivity index (χ0v) is 24.5. The van der Waals surface area contributed by atoms with E-state index < -0.39 is 0 Å². The van der Waals surface area contributed by atoms with Crippen LogP contribution in [0.25, 0.3) is 77.4 Å². The first-order valence-electron chi connectivity index (χ1n) is 15.1. The Kier molecular flexibility index (Phi) is 5.27. The summed E-state index contributed by atoms with van der Waals surface area (Å²) >= 11 is 0. The van der Waals surface area contributed by atoms with E-state index in [0.717, 1.165) is 49.8 Å². The summed E-state index contributed by atoms with van der Waals surface area (Å²) < 4.78 is 6.48. The highest BCUT2D eigenvalue weighted by Gasteiger charge is 2.36. The van der Waals surface area contributed by atoms with Gasteiger partial charge in [-0.25, -0.2) is 4.98 Å². The maximum Gasteiger partial charge on any atom is 0.228 e. The first-order chi connectivity index (χ1) is 21.6. The molecule has 1 aliphatic carbocycles. The molecule has 2 aromatic heterocycles. The Morgan fingerprint density at radius 1 is 0.727 bits per heavy atom. The van der Waals surface area contributed by atoms with Crippen LogP contribution in [-0.2, 0) is 5.41 Å². The van der Waals surface area contributed by atoms with Gasteiger partial charge < -0.3 is 9.73 Å². The number of benzene rings is 5. The van der Waals surface area contributed by atoms with Gasteiger partial charge in [0.15, 0.2) is 5.58 Å². The van der Waals surface area contributed by atoms with E-state index in [1.165, 1.54) is 33.2 Å². The first kappa shape index (κ1) is 25.1. The average Bonchev–Trinajstić information content (AvgIpc) is 3.59. The first-order valence-corrected chi connectivity index (χ1v) is 15.1. The lowest BCUT2D eigenvalue weighted by Gasteiger charge is -2.25. The number of nitrogens with zero attached hydrogens (tertiary/aromatic N) is 3. The van der Waals surface area contributed by atoms with Crippen molar-refractivity contribution in [2.24, 2.45) is 0 Å². The predicted molar refractivity (Wildman–Crippen MR) is 181 cm³/mol. The summed E-state index contributed by atoms with van der Waals surface area (Å²) in [6.45, 7) is 5.35. The van der Waals surface area contributed by atoms with Crippen molar-refractivity contribution in [3.8, 4) is 33.7 Å². The molecule has 0 saturated carbocycles. The van der Waals surface area contributed by atoms with Gasteiger partial charge in [-0.3, -0.25) is 4.98 Å². The molecular weight excluding hydrogens is 538 g/mol. The third-order valence-electron chi connectivity index (χ3n) is 9.31. The molecule has 0 unspecified atom stereocenters. The highest BCUT2D eigenvalue weighted by Crippen LogP contribution is 2.53. The molecule has 0 N–H and O–H groups in total. The molecule has 3 heterocycles. The lowest BCUT2D eigenvalue weighted by Crippen LogP contribution is -2.14. The van der Waals surface area contributed by atoms with Crippen LogP contribution in [-0.4, -0.2) is 16.5 Å². The van der Waals surface area contributed by atoms with Crippen molar-refractivity contribution in [2.75, 3.05) is 6.54 Å². The van der Waals surface area contributed by atoms with Crippen molar-refractivity contribution in [3.63, 3.8) is 0 Å². The minimum absolute atomic E-state index is 0.134. The minimum Gasteiger partial charge on any atom is -0.679 e. The molecule has 0 atom stereocenters. The molecule has 2 aliphatic rings. The van der Waals surface area contributed by atoms with Crippen molar-refractivity contribution >= 4 is 38.3 Å². The van der Waals surface area contributed by atoms with Gasteiger partial charge in [0.1, 0.15) is 5.52 Å². The summed E-state index contributed by atoms with van der Waals surface area (Å²) in [7, 11) is 0. The predicted octanol–water partition coefficient (Wildman–Crippen LogP) is 10.5. The number of pyridine rings is 1. The fourth-order valence-corrected chi connectivity index (χ4v) is 7.17. The van der Waals surface area contributed by atoms with E-state index >= 15 is 0 Å². The highest BCUT2D eigenvalue weighted by atomic mass is 16.3. The van der Waals surface area contributed by atoms with Gasteiger partial charge in [0, 0.05) is 22.9 Å². The SMILES string of the molecule is CC1(C)c2ccccc2-c2cc3c(-c4nc5ccccc5o4)c4ccccc4c(-c4ccc(C5=CC=CC[N-]5)nc4)c3cc21. The molecule has 4 nitrogen and oxygen atoms in total. The summed E-state index contributed by atoms with van der Waals surface area (Å²) in [6.07, 6.45) is 8.11. The Hall–Kier alpha value is -5.48. The largest absolute Gasteiger partial charge is 0.679 e. The van der Waals surface area contributed by atoms with Gasteiger partial charge >= 0.3 is 0 Å². The third kappa shape index (κ3) is 3.58. The Balaban J connectivity index is 1.39. The average molecular weight is 567 g/mol. The smallest absolute Gasteiger partial charge is 0.228 e. The van der Waals surface area contributed by atoms with E-state index in [4.69, 9.17) is 14.4 Å². The van der Waals surface area contributed by atoms with Gasteiger partial charge in [-0.2, -0.15) is 0 Å². The van der Waals surface area contributed by atoms with Crippen LogP contribution in [0.5, 0.6) is 0 Å². The van der Waals surface area contributed by atoms with Crippen LogP contribution in [0.1, 0.15) is 30.7 Å². The van der Waals surface area contributed by atoms with Gasteiger partial charge in [-0.15, -0.1) is 18.3 Å². The van der Waals surface area contributed by atoms with E-state index in [9.17, 15) is 0 Å². The number of aromatic nitrogens is 2. The van der Waals surface area contributed by atoms with Crippen LogP contribution in [0, 0.1) is 0 Å². The van der Waals surface area contributed by atoms with E-state index in [-0.39, 0.29) is 5.41 Å². The molecule has 1 aliphatic heterocycles. The van der Waals surface area contributed by atoms with E-state index in [1.807, 2.05) is 48.7 Å². The second-order valence-electron chi connectivity index (χ2n) is 12.1. The number of hydrogen-bond acceptors (Lipinski definition) is 3. The molecule has 9 rings (SSSR count). The lowest BCUT2D eigenvalue weighted by atomic mass is 9.80. The van der Waals surface area contributed by atoms with Crippen molar-refractivity contribution in [1.29, 1.82) is 0 Å². The maximum absolute atomic E-state index is 6.48. The van der Waals surface area contributed by atoms with Crippen LogP contribution in [0.15, 0.2) is 126 Å². The number of rotatable bonds is 3. The fourth-order valence-electron chi connectivity index (χ4n) is 7.17. The Morgan fingerprint density at radius 3 is 2.30 bits per heavy atom. The molecule has 7 aromatic rings. The lowest BCUT2D eigenvalue weighted by molar-refractivity contribution is 0.621. The van der Waals surface area contributed by atoms with E-state index in [2.05, 4.69) is 92.0 Å². The van der Waals surface area contributed by atoms with Crippen molar-refractivity contribution in [3.05, 3.63) is 144 Å². The third-order valence-corrected chi connectivity index (χ3v) is 9.31. The standard InChI is InChI=1S/C40H28N3O/c1-40(2)31-14-6-5-11-25(31)28-21-29-30(22-32(28)40)37(24-18-19-34(42-23-24)33-15-9-10-20-41-33)26-12-3-4-13-27(26)38(29)39-43-35-16-7-8-17-36(35)44-39/h3-19,21-23H,20H2,1-2H3/q-1. The molecule has 0 fully saturated rings. The summed E-state index contributed by atoms with van der Waals surface area (Å²) in [4.78, 5) is 9.92. The van der Waals surface area contributed by atoms with Crippen molar-refractivity contribution in [2.45, 2.75) is 19.3 Å². The highest BCUT2D eigenvalue weighted by molar-refractivity contribution is 6.22. The van der Waals surface area contributed by atoms with Gasteiger partial charge in [-0.05, 0) is 79.7 Å². The second-order valence-corrected chi connectivity index (χ2v) is 12.1. The van der Waals surface area contributed by atoms with Crippen LogP contribution >= 0.6 is 0 Å². The van der Waals surface area contributed by atoms with Gasteiger partial charge in [0.05, 0.1) is 5.56 Å². The summed E-state index contributed by atoms with van der Waals surface area (Å²) in [5.74, 6) is 0.636. The van der Waals surface area contributed by atoms with Gasteiger partial charge in [0.2, 0.25) is 5.89 Å². The fraction of sp³-hybridized carbons (Fsp3) is 0.100. The van der Waals surface area contributed by atoms with E-state index in [0.29, 0.717) is 12.4 Å². The van der Waals surface area contributed by atoms with Crippen molar-refractivity contribution < 1.29 is 4.42 Å². The zero-order chi connectivity index (χ0) is 29.4. The molecule has 5 aromatic carbocycles. The quantitative estimate of drug-likeness (QED) is 0.200. The molecule has 0 amide bonds. The molecule has 0 saturated heterocycles. The molecule has 0 spiro atoms. The van der Waals surface area contributed by atoms with Crippen LogP contribution in [0.2, 0.25) is 0 Å². The van der Waals surface area contributed by atoms with Gasteiger partial charge in [0.25, 0.3) is 0 Å². The Bertz CT molecular complexity index is 2320. The van der Waals surface area contributed by atoms with Crippen LogP contribution in [0.3, 0.4) is 0 Å². The molecule has 210 valence electrons. The van der Waals surface area contributed by atoms with E-state index in [1.54, 1.807) is 0 Å². The second kappa shape index (κ2) is 9.26. The summed E-state index contributed by atoms with van der Waals surface area (Å²) in [5.41, 5.74) is 11.8. The number of hydrogen-bond donors (Lipinski definition) is 0. The molecular formula is C40H28N3O-. The number of oxazole rings is 1. The summed E-state index contributed by atoms with van der Waals surface area (Å²) in [6, 6.07) is 34.5. The number of fused-ring (bicyclic) bond motifs is 6. The number of allylic oxidation sites excluding steroid dienone is 2. The Labute approximate surface area is 255 Å². The van der Waals surface area contributed by atoms with Gasteiger partial charge in [-0.1, -0.05) is 92.7 Å². The maximum atomic E-state index is 6.48. The molecule has 44 heavy (non-hydrogen) atoms. The van der Waals surface area contributed by atoms with Crippen LogP contribution < -0.4 is 0 Å². The molecule has 0 bridgehead atoms. The molecule has 0 radical (unpaired) electrons. The topological polar surface area (TPSA) is 53.0 Å². The van der Waals surface area contributed by atoms with Crippen LogP contribution in [0.4, 0.5) is 0 Å². The zero-order valence-electron chi connectivity index (χ0n) is 24.5. The monoisotopic (exact) mass is 566 g/mol.